The Morgan fingerprint density at radius 1 is 0.905 bits per heavy atom. The zero-order valence-electron chi connectivity index (χ0n) is 22.5. The molecule has 4 aromatic rings. The molecule has 1 heterocycles. The van der Waals surface area contributed by atoms with Crippen LogP contribution in [-0.4, -0.2) is 60.5 Å². The van der Waals surface area contributed by atoms with Gasteiger partial charge in [-0.05, 0) is 65.4 Å². The number of amides is 2. The minimum Gasteiger partial charge on any atom is -0.480 e. The molecule has 0 aliphatic carbocycles. The van der Waals surface area contributed by atoms with Crippen LogP contribution >= 0.6 is 35.1 Å². The molecule has 3 N–H and O–H groups in total. The van der Waals surface area contributed by atoms with E-state index in [1.165, 1.54) is 11.9 Å². The van der Waals surface area contributed by atoms with Gasteiger partial charge in [0.05, 0.1) is 5.69 Å². The standard InChI is InChI=1S/C31H28Cl2N4O4S/c32-22-15-23(33)17-24(16-22)42-37(19-29(38)39)28-6-2-3-25-26(28)4-1-5-27(25)30(40)35-18-20-7-9-21(10-8-20)31(41)36-13-11-34-12-14-36/h1-10,15-17,34H,11-14,18-19H2,(H,35,40)(H,38,39). The number of hydrogen-bond acceptors (Lipinski definition) is 6. The summed E-state index contributed by atoms with van der Waals surface area (Å²) in [6.07, 6.45) is 0. The molecule has 0 spiro atoms. The van der Waals surface area contributed by atoms with Crippen LogP contribution in [0.25, 0.3) is 10.8 Å². The lowest BCUT2D eigenvalue weighted by Gasteiger charge is -2.27. The van der Waals surface area contributed by atoms with Crippen LogP contribution in [-0.2, 0) is 11.3 Å². The normalized spacial score (nSPS) is 13.1. The van der Waals surface area contributed by atoms with Crippen molar-refractivity contribution in [3.8, 4) is 0 Å². The molecule has 1 aliphatic heterocycles. The molecule has 0 bridgehead atoms. The molecule has 1 aliphatic rings. The van der Waals surface area contributed by atoms with Crippen LogP contribution in [0, 0.1) is 0 Å². The molecule has 11 heteroatoms. The van der Waals surface area contributed by atoms with Crippen molar-refractivity contribution in [2.24, 2.45) is 0 Å². The van der Waals surface area contributed by atoms with Crippen molar-refractivity contribution in [1.29, 1.82) is 0 Å². The average Bonchev–Trinajstić information content (AvgIpc) is 2.98. The zero-order valence-corrected chi connectivity index (χ0v) is 24.8. The molecule has 0 unspecified atom stereocenters. The number of rotatable bonds is 9. The van der Waals surface area contributed by atoms with E-state index in [2.05, 4.69) is 10.6 Å². The summed E-state index contributed by atoms with van der Waals surface area (Å²) in [6, 6.07) is 23.1. The molecule has 1 fully saturated rings. The quantitative estimate of drug-likeness (QED) is 0.205. The number of carboxylic acids is 1. The minimum atomic E-state index is -1.01. The Kier molecular flexibility index (Phi) is 9.54. The highest BCUT2D eigenvalue weighted by atomic mass is 35.5. The monoisotopic (exact) mass is 622 g/mol. The second kappa shape index (κ2) is 13.5. The van der Waals surface area contributed by atoms with Crippen molar-refractivity contribution >= 4 is 69.4 Å². The first-order chi connectivity index (χ1) is 20.3. The van der Waals surface area contributed by atoms with E-state index in [-0.39, 0.29) is 24.9 Å². The predicted octanol–water partition coefficient (Wildman–Crippen LogP) is 5.72. The third-order valence-corrected chi connectivity index (χ3v) is 8.23. The Labute approximate surface area is 257 Å². The molecule has 0 saturated carbocycles. The summed E-state index contributed by atoms with van der Waals surface area (Å²) in [5.74, 6) is -1.27. The number of piperazine rings is 1. The molecule has 5 rings (SSSR count). The molecule has 2 amide bonds. The van der Waals surface area contributed by atoms with Gasteiger partial charge in [-0.25, -0.2) is 0 Å². The van der Waals surface area contributed by atoms with Gasteiger partial charge in [0.2, 0.25) is 0 Å². The van der Waals surface area contributed by atoms with Gasteiger partial charge in [-0.3, -0.25) is 14.4 Å². The largest absolute Gasteiger partial charge is 0.480 e. The first kappa shape index (κ1) is 29.7. The summed E-state index contributed by atoms with van der Waals surface area (Å²) >= 11 is 13.5. The van der Waals surface area contributed by atoms with E-state index in [9.17, 15) is 19.5 Å². The van der Waals surface area contributed by atoms with Crippen LogP contribution in [0.15, 0.2) is 83.8 Å². The number of carbonyl (C=O) groups excluding carboxylic acids is 2. The van der Waals surface area contributed by atoms with E-state index in [1.54, 1.807) is 52.8 Å². The maximum Gasteiger partial charge on any atom is 0.324 e. The van der Waals surface area contributed by atoms with Gasteiger partial charge < -0.3 is 24.9 Å². The van der Waals surface area contributed by atoms with E-state index >= 15 is 0 Å². The van der Waals surface area contributed by atoms with E-state index in [0.717, 1.165) is 24.0 Å². The Morgan fingerprint density at radius 3 is 2.26 bits per heavy atom. The number of nitrogens with zero attached hydrogens (tertiary/aromatic N) is 2. The summed E-state index contributed by atoms with van der Waals surface area (Å²) in [6.45, 7) is 2.94. The van der Waals surface area contributed by atoms with Crippen molar-refractivity contribution in [3.05, 3.63) is 106 Å². The van der Waals surface area contributed by atoms with Crippen molar-refractivity contribution in [2.75, 3.05) is 37.0 Å². The number of carboxylic acid groups (broad SMARTS) is 1. The summed E-state index contributed by atoms with van der Waals surface area (Å²) in [7, 11) is 0. The van der Waals surface area contributed by atoms with Gasteiger partial charge in [-0.15, -0.1) is 0 Å². The summed E-state index contributed by atoms with van der Waals surface area (Å²) in [5, 5.41) is 18.1. The highest BCUT2D eigenvalue weighted by Crippen LogP contribution is 2.37. The van der Waals surface area contributed by atoms with Crippen LogP contribution in [0.3, 0.4) is 0 Å². The van der Waals surface area contributed by atoms with Crippen molar-refractivity contribution in [2.45, 2.75) is 11.4 Å². The maximum absolute atomic E-state index is 13.3. The number of fused-ring (bicyclic) bond motifs is 1. The highest BCUT2D eigenvalue weighted by molar-refractivity contribution is 8.00. The van der Waals surface area contributed by atoms with Gasteiger partial charge in [-0.1, -0.05) is 59.6 Å². The van der Waals surface area contributed by atoms with Gasteiger partial charge >= 0.3 is 5.97 Å². The van der Waals surface area contributed by atoms with E-state index in [0.29, 0.717) is 50.2 Å². The first-order valence-corrected chi connectivity index (χ1v) is 14.8. The van der Waals surface area contributed by atoms with Crippen LogP contribution < -0.4 is 14.9 Å². The molecule has 4 aromatic carbocycles. The minimum absolute atomic E-state index is 0.00668. The molecule has 0 aromatic heterocycles. The van der Waals surface area contributed by atoms with Gasteiger partial charge in [0, 0.05) is 64.2 Å². The SMILES string of the molecule is O=C(O)CN(Sc1cc(Cl)cc(Cl)c1)c1cccc2c(C(=O)NCc3ccc(C(=O)N4CCNCC4)cc3)cccc12. The van der Waals surface area contributed by atoms with Gasteiger partial charge in [0.25, 0.3) is 11.8 Å². The molecule has 0 atom stereocenters. The third-order valence-electron chi connectivity index (χ3n) is 6.80. The summed E-state index contributed by atoms with van der Waals surface area (Å²) in [5.41, 5.74) is 2.59. The average molecular weight is 624 g/mol. The molecule has 42 heavy (non-hydrogen) atoms. The highest BCUT2D eigenvalue weighted by Gasteiger charge is 2.20. The number of halogens is 2. The first-order valence-electron chi connectivity index (χ1n) is 13.3. The lowest BCUT2D eigenvalue weighted by Crippen LogP contribution is -2.46. The third kappa shape index (κ3) is 7.17. The van der Waals surface area contributed by atoms with Gasteiger partial charge in [-0.2, -0.15) is 0 Å². The van der Waals surface area contributed by atoms with E-state index in [1.807, 2.05) is 35.2 Å². The van der Waals surface area contributed by atoms with Crippen LogP contribution in [0.1, 0.15) is 26.3 Å². The smallest absolute Gasteiger partial charge is 0.324 e. The Hall–Kier alpha value is -3.76. The fraction of sp³-hybridized carbons (Fsp3) is 0.194. The van der Waals surface area contributed by atoms with Crippen LogP contribution in [0.5, 0.6) is 0 Å². The molecule has 0 radical (unpaired) electrons. The second-order valence-corrected chi connectivity index (χ2v) is 11.7. The Balaban J connectivity index is 1.34. The summed E-state index contributed by atoms with van der Waals surface area (Å²) in [4.78, 5) is 40.3. The number of nitrogens with one attached hydrogen (secondary N) is 2. The number of benzene rings is 4. The Bertz CT molecular complexity index is 1610. The predicted molar refractivity (Wildman–Crippen MR) is 168 cm³/mol. The van der Waals surface area contributed by atoms with Crippen LogP contribution in [0.4, 0.5) is 5.69 Å². The maximum atomic E-state index is 13.3. The van der Waals surface area contributed by atoms with E-state index in [4.69, 9.17) is 23.2 Å². The molecular weight excluding hydrogens is 595 g/mol. The van der Waals surface area contributed by atoms with Crippen LogP contribution in [0.2, 0.25) is 10.0 Å². The lowest BCUT2D eigenvalue weighted by molar-refractivity contribution is -0.135. The fourth-order valence-corrected chi connectivity index (χ4v) is 6.50. The summed E-state index contributed by atoms with van der Waals surface area (Å²) < 4.78 is 1.64. The topological polar surface area (TPSA) is 102 Å². The van der Waals surface area contributed by atoms with E-state index < -0.39 is 5.97 Å². The number of hydrogen-bond donors (Lipinski definition) is 3. The van der Waals surface area contributed by atoms with Crippen molar-refractivity contribution in [1.82, 2.24) is 15.5 Å². The molecule has 216 valence electrons. The zero-order chi connectivity index (χ0) is 29.6. The number of anilines is 1. The van der Waals surface area contributed by atoms with Gasteiger partial charge in [0.15, 0.2) is 0 Å². The van der Waals surface area contributed by atoms with Gasteiger partial charge in [0.1, 0.15) is 6.54 Å². The molecule has 1 saturated heterocycles. The second-order valence-electron chi connectivity index (χ2n) is 9.73. The van der Waals surface area contributed by atoms with Crippen molar-refractivity contribution in [3.63, 3.8) is 0 Å². The molecule has 8 nitrogen and oxygen atoms in total. The molecular formula is C31H28Cl2N4O4S. The Morgan fingerprint density at radius 2 is 1.57 bits per heavy atom. The fourth-order valence-electron chi connectivity index (χ4n) is 4.80. The number of carbonyl (C=O) groups is 3. The number of aliphatic carboxylic acids is 1. The lowest BCUT2D eigenvalue weighted by atomic mass is 10.0. The van der Waals surface area contributed by atoms with Crippen molar-refractivity contribution < 1.29 is 19.5 Å².